The van der Waals surface area contributed by atoms with Gasteiger partial charge in [0, 0.05) is 22.2 Å². The molecule has 0 aliphatic heterocycles. The molecule has 20 heavy (non-hydrogen) atoms. The predicted octanol–water partition coefficient (Wildman–Crippen LogP) is 3.52. The van der Waals surface area contributed by atoms with Crippen LogP contribution in [0.1, 0.15) is 17.2 Å². The lowest BCUT2D eigenvalue weighted by Gasteiger charge is -2.17. The molecule has 0 aromatic heterocycles. The first-order chi connectivity index (χ1) is 9.60. The van der Waals surface area contributed by atoms with Gasteiger partial charge in [-0.1, -0.05) is 35.3 Å². The number of nitrogens with one attached hydrogen (secondary N) is 1. The second-order valence-electron chi connectivity index (χ2n) is 4.44. The number of aromatic hydroxyl groups is 1. The fraction of sp³-hybridized carbons (Fsp3) is 0.200. The lowest BCUT2D eigenvalue weighted by molar-refractivity contribution is 0.243. The van der Waals surface area contributed by atoms with Crippen LogP contribution in [0.3, 0.4) is 0 Å². The second-order valence-corrected chi connectivity index (χ2v) is 5.31. The van der Waals surface area contributed by atoms with E-state index in [1.807, 2.05) is 12.1 Å². The van der Waals surface area contributed by atoms with Crippen molar-refractivity contribution in [1.29, 1.82) is 0 Å². The van der Waals surface area contributed by atoms with Crippen LogP contribution in [0.2, 0.25) is 10.0 Å². The number of hydrogen-bond donors (Lipinski definition) is 3. The number of phenols is 1. The van der Waals surface area contributed by atoms with Gasteiger partial charge in [-0.3, -0.25) is 0 Å². The van der Waals surface area contributed by atoms with Gasteiger partial charge in [0.05, 0.1) is 12.6 Å². The highest BCUT2D eigenvalue weighted by molar-refractivity contribution is 6.30. The third-order valence-corrected chi connectivity index (χ3v) is 3.52. The number of hydrogen-bond acceptors (Lipinski definition) is 3. The van der Waals surface area contributed by atoms with Crippen molar-refractivity contribution in [1.82, 2.24) is 5.32 Å². The van der Waals surface area contributed by atoms with E-state index in [1.165, 1.54) is 0 Å². The zero-order chi connectivity index (χ0) is 14.5. The van der Waals surface area contributed by atoms with Crippen molar-refractivity contribution in [2.45, 2.75) is 12.6 Å². The maximum Gasteiger partial charge on any atom is 0.120 e. The molecular weight excluding hydrogens is 297 g/mol. The highest BCUT2D eigenvalue weighted by Crippen LogP contribution is 2.23. The van der Waals surface area contributed by atoms with Gasteiger partial charge in [0.2, 0.25) is 0 Å². The molecule has 2 aromatic carbocycles. The molecule has 1 atom stereocenters. The van der Waals surface area contributed by atoms with Gasteiger partial charge >= 0.3 is 0 Å². The first-order valence-electron chi connectivity index (χ1n) is 6.17. The van der Waals surface area contributed by atoms with Crippen LogP contribution in [0, 0.1) is 0 Å². The van der Waals surface area contributed by atoms with Crippen LogP contribution >= 0.6 is 23.2 Å². The van der Waals surface area contributed by atoms with Gasteiger partial charge in [0.25, 0.3) is 0 Å². The Morgan fingerprint density at radius 2 is 1.65 bits per heavy atom. The molecule has 0 aliphatic rings. The van der Waals surface area contributed by atoms with Gasteiger partial charge in [0.15, 0.2) is 0 Å². The molecule has 2 aromatic rings. The molecule has 0 heterocycles. The average molecular weight is 312 g/mol. The number of rotatable bonds is 5. The predicted molar refractivity (Wildman–Crippen MR) is 81.2 cm³/mol. The van der Waals surface area contributed by atoms with E-state index in [0.717, 1.165) is 5.56 Å². The van der Waals surface area contributed by atoms with Gasteiger partial charge in [0.1, 0.15) is 5.75 Å². The SMILES string of the molecule is OCC(NCc1cc(Cl)ccc1O)c1ccc(Cl)cc1. The van der Waals surface area contributed by atoms with Gasteiger partial charge < -0.3 is 15.5 Å². The van der Waals surface area contributed by atoms with E-state index in [9.17, 15) is 10.2 Å². The number of halogens is 2. The zero-order valence-corrected chi connectivity index (χ0v) is 12.2. The van der Waals surface area contributed by atoms with Crippen molar-refractivity contribution >= 4 is 23.2 Å². The quantitative estimate of drug-likeness (QED) is 0.792. The Morgan fingerprint density at radius 3 is 2.30 bits per heavy atom. The fourth-order valence-corrected chi connectivity index (χ4v) is 2.23. The largest absolute Gasteiger partial charge is 0.508 e. The zero-order valence-electron chi connectivity index (χ0n) is 10.7. The smallest absolute Gasteiger partial charge is 0.120 e. The van der Waals surface area contributed by atoms with Crippen LogP contribution in [0.4, 0.5) is 0 Å². The lowest BCUT2D eigenvalue weighted by Crippen LogP contribution is -2.24. The van der Waals surface area contributed by atoms with E-state index >= 15 is 0 Å². The third kappa shape index (κ3) is 3.87. The summed E-state index contributed by atoms with van der Waals surface area (Å²) in [6.45, 7) is 0.350. The van der Waals surface area contributed by atoms with Crippen LogP contribution in [0.5, 0.6) is 5.75 Å². The number of benzene rings is 2. The van der Waals surface area contributed by atoms with Gasteiger partial charge in [-0.05, 0) is 35.9 Å². The third-order valence-electron chi connectivity index (χ3n) is 3.04. The highest BCUT2D eigenvalue weighted by Gasteiger charge is 2.11. The van der Waals surface area contributed by atoms with E-state index in [-0.39, 0.29) is 18.4 Å². The maximum absolute atomic E-state index is 9.75. The summed E-state index contributed by atoms with van der Waals surface area (Å²) in [5.41, 5.74) is 1.61. The summed E-state index contributed by atoms with van der Waals surface area (Å²) in [5.74, 6) is 0.176. The molecule has 0 spiro atoms. The Morgan fingerprint density at radius 1 is 1.00 bits per heavy atom. The van der Waals surface area contributed by atoms with Crippen molar-refractivity contribution in [2.24, 2.45) is 0 Å². The molecule has 1 unspecified atom stereocenters. The number of phenolic OH excluding ortho intramolecular Hbond substituents is 1. The van der Waals surface area contributed by atoms with E-state index in [4.69, 9.17) is 23.2 Å². The van der Waals surface area contributed by atoms with Crippen molar-refractivity contribution in [2.75, 3.05) is 6.61 Å². The molecule has 0 saturated carbocycles. The molecule has 3 N–H and O–H groups in total. The fourth-order valence-electron chi connectivity index (χ4n) is 1.91. The first-order valence-corrected chi connectivity index (χ1v) is 6.93. The van der Waals surface area contributed by atoms with Crippen LogP contribution in [-0.4, -0.2) is 16.8 Å². The van der Waals surface area contributed by atoms with Crippen molar-refractivity contribution < 1.29 is 10.2 Å². The summed E-state index contributed by atoms with van der Waals surface area (Å²) in [7, 11) is 0. The summed E-state index contributed by atoms with van der Waals surface area (Å²) in [6, 6.07) is 11.9. The number of aliphatic hydroxyl groups is 1. The Kier molecular flexibility index (Phi) is 5.26. The molecule has 0 radical (unpaired) electrons. The molecule has 0 fully saturated rings. The Balaban J connectivity index is 2.07. The van der Waals surface area contributed by atoms with Crippen molar-refractivity contribution in [3.8, 4) is 5.75 Å². The minimum atomic E-state index is -0.231. The molecule has 0 bridgehead atoms. The first kappa shape index (κ1) is 15.1. The van der Waals surface area contributed by atoms with Crippen LogP contribution < -0.4 is 5.32 Å². The minimum Gasteiger partial charge on any atom is -0.508 e. The van der Waals surface area contributed by atoms with E-state index in [2.05, 4.69) is 5.32 Å². The van der Waals surface area contributed by atoms with E-state index in [0.29, 0.717) is 22.2 Å². The summed E-state index contributed by atoms with van der Waals surface area (Å²) >= 11 is 11.7. The van der Waals surface area contributed by atoms with Crippen LogP contribution in [0.15, 0.2) is 42.5 Å². The second kappa shape index (κ2) is 6.95. The minimum absolute atomic E-state index is 0.0526. The summed E-state index contributed by atoms with van der Waals surface area (Å²) in [5, 5.41) is 23.6. The Labute approximate surface area is 127 Å². The lowest BCUT2D eigenvalue weighted by atomic mass is 10.1. The molecular formula is C15H15Cl2NO2. The van der Waals surface area contributed by atoms with E-state index < -0.39 is 0 Å². The van der Waals surface area contributed by atoms with Gasteiger partial charge in [-0.15, -0.1) is 0 Å². The topological polar surface area (TPSA) is 52.5 Å². The summed E-state index contributed by atoms with van der Waals surface area (Å²) in [4.78, 5) is 0. The average Bonchev–Trinajstić information content (AvgIpc) is 2.45. The van der Waals surface area contributed by atoms with Crippen molar-refractivity contribution in [3.05, 3.63) is 63.6 Å². The van der Waals surface area contributed by atoms with E-state index in [1.54, 1.807) is 30.3 Å². The molecule has 3 nitrogen and oxygen atoms in total. The molecule has 5 heteroatoms. The number of aliphatic hydroxyl groups excluding tert-OH is 1. The van der Waals surface area contributed by atoms with Gasteiger partial charge in [-0.25, -0.2) is 0 Å². The molecule has 2 rings (SSSR count). The highest BCUT2D eigenvalue weighted by atomic mass is 35.5. The van der Waals surface area contributed by atoms with Crippen LogP contribution in [0.25, 0.3) is 0 Å². The molecule has 106 valence electrons. The molecule has 0 aliphatic carbocycles. The Hall–Kier alpha value is -1.26. The van der Waals surface area contributed by atoms with Crippen molar-refractivity contribution in [3.63, 3.8) is 0 Å². The summed E-state index contributed by atoms with van der Waals surface area (Å²) in [6.07, 6.45) is 0. The van der Waals surface area contributed by atoms with Gasteiger partial charge in [-0.2, -0.15) is 0 Å². The summed E-state index contributed by atoms with van der Waals surface area (Å²) < 4.78 is 0. The standard InChI is InChI=1S/C15H15Cl2NO2/c16-12-3-1-10(2-4-12)14(9-19)18-8-11-7-13(17)5-6-15(11)20/h1-7,14,18-20H,8-9H2. The van der Waals surface area contributed by atoms with Crippen LogP contribution in [-0.2, 0) is 6.54 Å². The Bertz CT molecular complexity index is 573. The monoisotopic (exact) mass is 311 g/mol. The molecule has 0 amide bonds. The normalized spacial score (nSPS) is 12.3. The molecule has 0 saturated heterocycles. The maximum atomic E-state index is 9.75.